The molecular formula is C17H22N2O3S. The van der Waals surface area contributed by atoms with E-state index < -0.39 is 4.92 Å². The van der Waals surface area contributed by atoms with Gasteiger partial charge in [-0.3, -0.25) is 14.9 Å². The third kappa shape index (κ3) is 6.44. The van der Waals surface area contributed by atoms with Gasteiger partial charge in [-0.05, 0) is 37.7 Å². The standard InChI is InChI=1S/C17H22N2O3S/c20-17(18-11-10-14-4-2-1-3-5-14)13-23-12-15-6-8-16(9-7-15)19(21)22/h4,6-9H,1-3,5,10-13H2,(H,18,20). The number of hydrogen-bond donors (Lipinski definition) is 1. The molecule has 0 bridgehead atoms. The highest BCUT2D eigenvalue weighted by molar-refractivity contribution is 7.99. The normalized spacial score (nSPS) is 14.2. The van der Waals surface area contributed by atoms with Gasteiger partial charge in [-0.2, -0.15) is 0 Å². The summed E-state index contributed by atoms with van der Waals surface area (Å²) in [6.45, 7) is 0.711. The molecule has 0 saturated heterocycles. The number of rotatable bonds is 8. The van der Waals surface area contributed by atoms with E-state index in [2.05, 4.69) is 11.4 Å². The second-order valence-electron chi connectivity index (χ2n) is 5.62. The minimum absolute atomic E-state index is 0.0494. The summed E-state index contributed by atoms with van der Waals surface area (Å²) in [4.78, 5) is 21.9. The van der Waals surface area contributed by atoms with E-state index >= 15 is 0 Å². The SMILES string of the molecule is O=C(CSCc1ccc([N+](=O)[O-])cc1)NCCC1=CCCCC1. The predicted octanol–water partition coefficient (Wildman–Crippen LogP) is 3.83. The highest BCUT2D eigenvalue weighted by Crippen LogP contribution is 2.19. The predicted molar refractivity (Wildman–Crippen MR) is 93.4 cm³/mol. The molecule has 5 nitrogen and oxygen atoms in total. The first kappa shape index (κ1) is 17.5. The molecule has 0 saturated carbocycles. The van der Waals surface area contributed by atoms with Crippen molar-refractivity contribution in [1.82, 2.24) is 5.32 Å². The van der Waals surface area contributed by atoms with Gasteiger partial charge >= 0.3 is 0 Å². The Morgan fingerprint density at radius 2 is 2.04 bits per heavy atom. The first-order valence-corrected chi connectivity index (χ1v) is 9.06. The van der Waals surface area contributed by atoms with Crippen LogP contribution in [0.3, 0.4) is 0 Å². The van der Waals surface area contributed by atoms with Crippen molar-refractivity contribution < 1.29 is 9.72 Å². The van der Waals surface area contributed by atoms with Crippen molar-refractivity contribution in [2.24, 2.45) is 0 Å². The van der Waals surface area contributed by atoms with Gasteiger partial charge in [0, 0.05) is 24.4 Å². The summed E-state index contributed by atoms with van der Waals surface area (Å²) >= 11 is 1.52. The first-order chi connectivity index (χ1) is 11.1. The Morgan fingerprint density at radius 1 is 1.26 bits per heavy atom. The average Bonchev–Trinajstić information content (AvgIpc) is 2.56. The van der Waals surface area contributed by atoms with Crippen LogP contribution < -0.4 is 5.32 Å². The van der Waals surface area contributed by atoms with E-state index in [0.717, 1.165) is 12.0 Å². The van der Waals surface area contributed by atoms with E-state index in [9.17, 15) is 14.9 Å². The largest absolute Gasteiger partial charge is 0.355 e. The van der Waals surface area contributed by atoms with Crippen LogP contribution in [0.1, 0.15) is 37.7 Å². The number of nitrogens with zero attached hydrogens (tertiary/aromatic N) is 1. The molecule has 0 fully saturated rings. The van der Waals surface area contributed by atoms with Crippen LogP contribution in [0.5, 0.6) is 0 Å². The van der Waals surface area contributed by atoms with Crippen molar-refractivity contribution in [2.45, 2.75) is 37.9 Å². The lowest BCUT2D eigenvalue weighted by molar-refractivity contribution is -0.384. The molecule has 0 aliphatic heterocycles. The van der Waals surface area contributed by atoms with Crippen molar-refractivity contribution in [1.29, 1.82) is 0 Å². The average molecular weight is 334 g/mol. The van der Waals surface area contributed by atoms with Crippen LogP contribution in [0.4, 0.5) is 5.69 Å². The number of non-ortho nitro benzene ring substituents is 1. The molecule has 0 radical (unpaired) electrons. The summed E-state index contributed by atoms with van der Waals surface area (Å²) in [5, 5.41) is 13.5. The van der Waals surface area contributed by atoms with Crippen molar-refractivity contribution in [2.75, 3.05) is 12.3 Å². The molecule has 2 rings (SSSR count). The van der Waals surface area contributed by atoms with Gasteiger partial charge in [0.2, 0.25) is 5.91 Å². The monoisotopic (exact) mass is 334 g/mol. The van der Waals surface area contributed by atoms with Crippen LogP contribution in [0.2, 0.25) is 0 Å². The van der Waals surface area contributed by atoms with E-state index in [4.69, 9.17) is 0 Å². The lowest BCUT2D eigenvalue weighted by Crippen LogP contribution is -2.26. The third-order valence-corrected chi connectivity index (χ3v) is 4.81. The zero-order chi connectivity index (χ0) is 16.5. The maximum Gasteiger partial charge on any atom is 0.269 e. The maximum absolute atomic E-state index is 11.8. The molecule has 1 aliphatic rings. The lowest BCUT2D eigenvalue weighted by Gasteiger charge is -2.12. The molecule has 0 unspecified atom stereocenters. The molecule has 1 aromatic rings. The number of nitro groups is 1. The molecule has 23 heavy (non-hydrogen) atoms. The van der Waals surface area contributed by atoms with Gasteiger partial charge in [-0.1, -0.05) is 23.8 Å². The highest BCUT2D eigenvalue weighted by atomic mass is 32.2. The second-order valence-corrected chi connectivity index (χ2v) is 6.61. The van der Waals surface area contributed by atoms with Crippen LogP contribution in [-0.4, -0.2) is 23.1 Å². The number of hydrogen-bond acceptors (Lipinski definition) is 4. The Kier molecular flexibility index (Phi) is 7.13. The molecular weight excluding hydrogens is 312 g/mol. The number of carbonyl (C=O) groups is 1. The van der Waals surface area contributed by atoms with E-state index in [-0.39, 0.29) is 11.6 Å². The minimum Gasteiger partial charge on any atom is -0.355 e. The van der Waals surface area contributed by atoms with E-state index in [1.54, 1.807) is 12.1 Å². The van der Waals surface area contributed by atoms with Crippen molar-refractivity contribution in [3.63, 3.8) is 0 Å². The van der Waals surface area contributed by atoms with Crippen LogP contribution in [0, 0.1) is 10.1 Å². The number of benzene rings is 1. The number of nitro benzene ring substituents is 1. The van der Waals surface area contributed by atoms with Gasteiger partial charge in [0.1, 0.15) is 0 Å². The molecule has 1 aromatic carbocycles. The third-order valence-electron chi connectivity index (χ3n) is 3.80. The summed E-state index contributed by atoms with van der Waals surface area (Å²) in [7, 11) is 0. The van der Waals surface area contributed by atoms with E-state index in [0.29, 0.717) is 18.1 Å². The summed E-state index contributed by atoms with van der Waals surface area (Å²) < 4.78 is 0. The first-order valence-electron chi connectivity index (χ1n) is 7.91. The highest BCUT2D eigenvalue weighted by Gasteiger charge is 2.07. The Balaban J connectivity index is 1.60. The Hall–Kier alpha value is -1.82. The Morgan fingerprint density at radius 3 is 2.70 bits per heavy atom. The molecule has 1 N–H and O–H groups in total. The summed E-state index contributed by atoms with van der Waals surface area (Å²) in [6.07, 6.45) is 8.16. The van der Waals surface area contributed by atoms with Crippen LogP contribution >= 0.6 is 11.8 Å². The smallest absolute Gasteiger partial charge is 0.269 e. The topological polar surface area (TPSA) is 72.2 Å². The summed E-state index contributed by atoms with van der Waals surface area (Å²) in [6, 6.07) is 6.46. The van der Waals surface area contributed by atoms with E-state index in [1.807, 2.05) is 0 Å². The molecule has 0 spiro atoms. The summed E-state index contributed by atoms with van der Waals surface area (Å²) in [5.74, 6) is 1.14. The fraction of sp³-hybridized carbons (Fsp3) is 0.471. The van der Waals surface area contributed by atoms with E-state index in [1.165, 1.54) is 55.2 Å². The fourth-order valence-corrected chi connectivity index (χ4v) is 3.34. The molecule has 0 atom stereocenters. The van der Waals surface area contributed by atoms with Crippen LogP contribution in [0.15, 0.2) is 35.9 Å². The molecule has 0 aromatic heterocycles. The van der Waals surface area contributed by atoms with Gasteiger partial charge in [0.05, 0.1) is 10.7 Å². The summed E-state index contributed by atoms with van der Waals surface area (Å²) in [5.41, 5.74) is 2.55. The van der Waals surface area contributed by atoms with Gasteiger partial charge in [0.25, 0.3) is 5.69 Å². The van der Waals surface area contributed by atoms with Crippen LogP contribution in [-0.2, 0) is 10.5 Å². The fourth-order valence-electron chi connectivity index (χ4n) is 2.52. The maximum atomic E-state index is 11.8. The van der Waals surface area contributed by atoms with Crippen molar-refractivity contribution in [3.05, 3.63) is 51.6 Å². The number of carbonyl (C=O) groups excluding carboxylic acids is 1. The molecule has 0 heterocycles. The van der Waals surface area contributed by atoms with Gasteiger partial charge in [0.15, 0.2) is 0 Å². The van der Waals surface area contributed by atoms with Crippen molar-refractivity contribution in [3.8, 4) is 0 Å². The zero-order valence-corrected chi connectivity index (χ0v) is 13.9. The zero-order valence-electron chi connectivity index (χ0n) is 13.1. The molecule has 1 amide bonds. The lowest BCUT2D eigenvalue weighted by atomic mass is 9.97. The van der Waals surface area contributed by atoms with Crippen LogP contribution in [0.25, 0.3) is 0 Å². The Bertz CT molecular complexity index is 570. The minimum atomic E-state index is -0.411. The number of allylic oxidation sites excluding steroid dienone is 1. The van der Waals surface area contributed by atoms with Gasteiger partial charge in [-0.25, -0.2) is 0 Å². The molecule has 1 aliphatic carbocycles. The molecule has 124 valence electrons. The Labute approximate surface area is 140 Å². The van der Waals surface area contributed by atoms with Gasteiger partial charge < -0.3 is 5.32 Å². The molecule has 6 heteroatoms. The second kappa shape index (κ2) is 9.35. The van der Waals surface area contributed by atoms with Gasteiger partial charge in [-0.15, -0.1) is 11.8 Å². The quantitative estimate of drug-likeness (QED) is 0.445. The number of amides is 1. The number of nitrogens with one attached hydrogen (secondary N) is 1. The van der Waals surface area contributed by atoms with Crippen molar-refractivity contribution >= 4 is 23.4 Å². The number of thioether (sulfide) groups is 1.